The molecule has 116 valence electrons. The summed E-state index contributed by atoms with van der Waals surface area (Å²) in [5, 5.41) is 2.35. The number of ether oxygens (including phenoxy) is 1. The van der Waals surface area contributed by atoms with Gasteiger partial charge in [0.2, 0.25) is 5.91 Å². The monoisotopic (exact) mass is 338 g/mol. The number of hydrogen-bond acceptors (Lipinski definition) is 3. The van der Waals surface area contributed by atoms with Crippen molar-refractivity contribution in [1.29, 1.82) is 0 Å². The highest BCUT2D eigenvalue weighted by atomic mass is 35.5. The second-order valence-electron chi connectivity index (χ2n) is 5.16. The minimum absolute atomic E-state index is 0.122. The van der Waals surface area contributed by atoms with Crippen molar-refractivity contribution in [2.75, 3.05) is 5.32 Å². The molecule has 1 aliphatic rings. The number of carbonyl (C=O) groups excluding carboxylic acids is 1. The molecule has 21 heavy (non-hydrogen) atoms. The van der Waals surface area contributed by atoms with Crippen LogP contribution in [0.2, 0.25) is 10.0 Å². The summed E-state index contributed by atoms with van der Waals surface area (Å²) in [6.07, 6.45) is 1.81. The Bertz CT molecular complexity index is 540. The minimum atomic E-state index is -3.04. The van der Waals surface area contributed by atoms with Gasteiger partial charge in [0.15, 0.2) is 5.75 Å². The maximum Gasteiger partial charge on any atom is 0.387 e. The lowest BCUT2D eigenvalue weighted by atomic mass is 9.96. The largest absolute Gasteiger partial charge is 0.432 e. The van der Waals surface area contributed by atoms with Crippen LogP contribution in [0.4, 0.5) is 14.5 Å². The molecule has 0 spiro atoms. The van der Waals surface area contributed by atoms with Gasteiger partial charge < -0.3 is 15.8 Å². The summed E-state index contributed by atoms with van der Waals surface area (Å²) < 4.78 is 28.7. The van der Waals surface area contributed by atoms with Crippen molar-refractivity contribution >= 4 is 34.8 Å². The van der Waals surface area contributed by atoms with E-state index in [-0.39, 0.29) is 33.3 Å². The van der Waals surface area contributed by atoms with E-state index in [9.17, 15) is 13.6 Å². The topological polar surface area (TPSA) is 64.4 Å². The molecule has 0 heterocycles. The Morgan fingerprint density at radius 1 is 1.43 bits per heavy atom. The summed E-state index contributed by atoms with van der Waals surface area (Å²) in [5.74, 6) is -0.561. The predicted octanol–water partition coefficient (Wildman–Crippen LogP) is 3.66. The summed E-state index contributed by atoms with van der Waals surface area (Å²) in [4.78, 5) is 12.1. The van der Waals surface area contributed by atoms with Gasteiger partial charge in [-0.05, 0) is 37.8 Å². The fourth-order valence-corrected chi connectivity index (χ4v) is 2.54. The molecule has 0 saturated heterocycles. The molecule has 0 bridgehead atoms. The number of rotatable bonds is 5. The van der Waals surface area contributed by atoms with Crippen molar-refractivity contribution < 1.29 is 18.3 Å². The van der Waals surface area contributed by atoms with E-state index in [1.807, 2.05) is 0 Å². The molecule has 1 aromatic rings. The van der Waals surface area contributed by atoms with Gasteiger partial charge in [0.05, 0.1) is 15.6 Å². The van der Waals surface area contributed by atoms with Crippen LogP contribution in [0.5, 0.6) is 5.75 Å². The van der Waals surface area contributed by atoms with Crippen LogP contribution in [-0.4, -0.2) is 18.1 Å². The number of amides is 1. The zero-order valence-corrected chi connectivity index (χ0v) is 12.6. The first-order valence-electron chi connectivity index (χ1n) is 6.26. The van der Waals surface area contributed by atoms with Crippen molar-refractivity contribution in [2.45, 2.75) is 31.9 Å². The highest BCUT2D eigenvalue weighted by Gasteiger charge is 2.44. The first-order valence-corrected chi connectivity index (χ1v) is 7.01. The molecule has 1 atom stereocenters. The van der Waals surface area contributed by atoms with Gasteiger partial charge in [0.25, 0.3) is 0 Å². The Labute approximate surface area is 130 Å². The number of nitrogens with two attached hydrogens (primary N) is 1. The van der Waals surface area contributed by atoms with Crippen LogP contribution in [0.3, 0.4) is 0 Å². The van der Waals surface area contributed by atoms with Crippen molar-refractivity contribution in [2.24, 2.45) is 11.7 Å². The molecule has 0 radical (unpaired) electrons. The molecule has 1 fully saturated rings. The molecule has 8 heteroatoms. The van der Waals surface area contributed by atoms with E-state index in [0.717, 1.165) is 12.8 Å². The average Bonchev–Trinajstić information content (AvgIpc) is 3.17. The van der Waals surface area contributed by atoms with Gasteiger partial charge in [-0.1, -0.05) is 23.2 Å². The Kier molecular flexibility index (Phi) is 4.60. The first kappa shape index (κ1) is 16.3. The molecule has 0 aromatic heterocycles. The van der Waals surface area contributed by atoms with E-state index in [2.05, 4.69) is 10.1 Å². The highest BCUT2D eigenvalue weighted by Crippen LogP contribution is 2.40. The number of benzene rings is 1. The van der Waals surface area contributed by atoms with Crippen LogP contribution in [-0.2, 0) is 4.79 Å². The molecule has 1 aromatic carbocycles. The van der Waals surface area contributed by atoms with E-state index in [4.69, 9.17) is 28.9 Å². The van der Waals surface area contributed by atoms with Gasteiger partial charge in [-0.3, -0.25) is 4.79 Å². The van der Waals surface area contributed by atoms with Gasteiger partial charge in [-0.25, -0.2) is 0 Å². The molecule has 0 aliphatic heterocycles. The van der Waals surface area contributed by atoms with Crippen LogP contribution >= 0.6 is 23.2 Å². The maximum absolute atomic E-state index is 12.2. The number of nitrogens with one attached hydrogen (secondary N) is 1. The second kappa shape index (κ2) is 5.94. The molecule has 1 aliphatic carbocycles. The van der Waals surface area contributed by atoms with Gasteiger partial charge in [0, 0.05) is 5.69 Å². The SMILES string of the molecule is CC(N)(C(=O)Nc1cc(Cl)c(OC(F)F)c(Cl)c1)C1CC1. The molecule has 1 saturated carbocycles. The first-order chi connectivity index (χ1) is 9.71. The highest BCUT2D eigenvalue weighted by molar-refractivity contribution is 6.37. The molecular weight excluding hydrogens is 325 g/mol. The standard InChI is InChI=1S/C13H14Cl2F2N2O2/c1-13(18,6-2-3-6)11(20)19-7-4-8(14)10(9(15)5-7)21-12(16)17/h4-6,12H,2-3,18H2,1H3,(H,19,20). The lowest BCUT2D eigenvalue weighted by Crippen LogP contribution is -2.50. The summed E-state index contributed by atoms with van der Waals surface area (Å²) in [6.45, 7) is -1.39. The number of carbonyl (C=O) groups is 1. The Morgan fingerprint density at radius 3 is 2.38 bits per heavy atom. The summed E-state index contributed by atoms with van der Waals surface area (Å²) in [6, 6.07) is 2.57. The normalized spacial score (nSPS) is 17.5. The molecule has 3 N–H and O–H groups in total. The minimum Gasteiger partial charge on any atom is -0.432 e. The third-order valence-corrected chi connectivity index (χ3v) is 3.94. The molecule has 4 nitrogen and oxygen atoms in total. The third-order valence-electron chi connectivity index (χ3n) is 3.38. The van der Waals surface area contributed by atoms with Crippen LogP contribution in [0.1, 0.15) is 19.8 Å². The summed E-state index contributed by atoms with van der Waals surface area (Å²) >= 11 is 11.7. The fraction of sp³-hybridized carbons (Fsp3) is 0.462. The fourth-order valence-electron chi connectivity index (χ4n) is 1.97. The Hall–Kier alpha value is -1.11. The van der Waals surface area contributed by atoms with Crippen LogP contribution in [0, 0.1) is 5.92 Å². The number of alkyl halides is 2. The van der Waals surface area contributed by atoms with Crippen molar-refractivity contribution in [3.8, 4) is 5.75 Å². The molecule has 2 rings (SSSR count). The summed E-state index contributed by atoms with van der Waals surface area (Å²) in [5.41, 5.74) is 5.27. The van der Waals surface area contributed by atoms with Crippen molar-refractivity contribution in [3.05, 3.63) is 22.2 Å². The lowest BCUT2D eigenvalue weighted by Gasteiger charge is -2.23. The number of halogens is 4. The average molecular weight is 339 g/mol. The van der Waals surface area contributed by atoms with E-state index in [1.54, 1.807) is 6.92 Å². The lowest BCUT2D eigenvalue weighted by molar-refractivity contribution is -0.121. The maximum atomic E-state index is 12.2. The van der Waals surface area contributed by atoms with Crippen LogP contribution in [0.25, 0.3) is 0 Å². The predicted molar refractivity (Wildman–Crippen MR) is 77.0 cm³/mol. The zero-order valence-electron chi connectivity index (χ0n) is 11.1. The van der Waals surface area contributed by atoms with E-state index in [0.29, 0.717) is 0 Å². The quantitative estimate of drug-likeness (QED) is 0.860. The van der Waals surface area contributed by atoms with Gasteiger partial charge >= 0.3 is 6.61 Å². The molecule has 1 amide bonds. The number of hydrogen-bond donors (Lipinski definition) is 2. The third kappa shape index (κ3) is 3.75. The smallest absolute Gasteiger partial charge is 0.387 e. The van der Waals surface area contributed by atoms with E-state index in [1.165, 1.54) is 12.1 Å². The molecular formula is C13H14Cl2F2N2O2. The van der Waals surface area contributed by atoms with Crippen LogP contribution in [0.15, 0.2) is 12.1 Å². The van der Waals surface area contributed by atoms with Gasteiger partial charge in [-0.15, -0.1) is 0 Å². The van der Waals surface area contributed by atoms with E-state index >= 15 is 0 Å². The molecule has 1 unspecified atom stereocenters. The van der Waals surface area contributed by atoms with E-state index < -0.39 is 12.2 Å². The van der Waals surface area contributed by atoms with Gasteiger partial charge in [0.1, 0.15) is 0 Å². The Morgan fingerprint density at radius 2 is 1.95 bits per heavy atom. The number of anilines is 1. The second-order valence-corrected chi connectivity index (χ2v) is 5.97. The summed E-state index contributed by atoms with van der Waals surface area (Å²) in [7, 11) is 0. The van der Waals surface area contributed by atoms with Crippen LogP contribution < -0.4 is 15.8 Å². The Balaban J connectivity index is 2.16. The van der Waals surface area contributed by atoms with Crippen molar-refractivity contribution in [3.63, 3.8) is 0 Å². The van der Waals surface area contributed by atoms with Gasteiger partial charge in [-0.2, -0.15) is 8.78 Å². The zero-order chi connectivity index (χ0) is 15.8. The van der Waals surface area contributed by atoms with Crippen molar-refractivity contribution in [1.82, 2.24) is 0 Å².